The molecule has 0 unspecified atom stereocenters. The topological polar surface area (TPSA) is 76.1 Å². The van der Waals surface area contributed by atoms with Gasteiger partial charge in [0.1, 0.15) is 0 Å². The highest BCUT2D eigenvalue weighted by Crippen LogP contribution is 2.26. The molecule has 0 bridgehead atoms. The van der Waals surface area contributed by atoms with E-state index < -0.39 is 12.1 Å². The lowest BCUT2D eigenvalue weighted by atomic mass is 10.2. The number of nitrogens with zero attached hydrogens (tertiary/aromatic N) is 1. The first-order valence-electron chi connectivity index (χ1n) is 8.58. The number of carbonyl (C=O) groups excluding carboxylic acids is 2. The Hall–Kier alpha value is -3.28. The summed E-state index contributed by atoms with van der Waals surface area (Å²) in [6.07, 6.45) is 1.83. The SMILES string of the molecule is CCN(C(=O)[C@@H](C)OC(=O)/C=C/c1ccc(O)c(OC)c1)c1ccccc1. The van der Waals surface area contributed by atoms with E-state index in [9.17, 15) is 14.7 Å². The van der Waals surface area contributed by atoms with E-state index in [0.29, 0.717) is 17.9 Å². The van der Waals surface area contributed by atoms with Gasteiger partial charge >= 0.3 is 5.97 Å². The smallest absolute Gasteiger partial charge is 0.331 e. The molecule has 6 heteroatoms. The molecule has 1 atom stereocenters. The molecule has 2 aromatic rings. The third-order valence-corrected chi connectivity index (χ3v) is 3.91. The van der Waals surface area contributed by atoms with Crippen molar-refractivity contribution in [3.63, 3.8) is 0 Å². The molecule has 0 spiro atoms. The predicted molar refractivity (Wildman–Crippen MR) is 104 cm³/mol. The Labute approximate surface area is 158 Å². The lowest BCUT2D eigenvalue weighted by Gasteiger charge is -2.24. The summed E-state index contributed by atoms with van der Waals surface area (Å²) in [6.45, 7) is 3.87. The number of esters is 1. The minimum atomic E-state index is -0.920. The van der Waals surface area contributed by atoms with Gasteiger partial charge in [-0.3, -0.25) is 4.79 Å². The number of amides is 1. The summed E-state index contributed by atoms with van der Waals surface area (Å²) >= 11 is 0. The second-order valence-electron chi connectivity index (χ2n) is 5.76. The van der Waals surface area contributed by atoms with Gasteiger partial charge in [0.2, 0.25) is 0 Å². The van der Waals surface area contributed by atoms with Crippen LogP contribution >= 0.6 is 0 Å². The molecule has 0 aliphatic rings. The third kappa shape index (κ3) is 5.34. The van der Waals surface area contributed by atoms with Crippen molar-refractivity contribution < 1.29 is 24.2 Å². The standard InChI is InChI=1S/C21H23NO5/c1-4-22(17-8-6-5-7-9-17)21(25)15(2)27-20(24)13-11-16-10-12-18(23)19(14-16)26-3/h5-15,23H,4H2,1-3H3/b13-11+/t15-/m1/s1. The highest BCUT2D eigenvalue weighted by molar-refractivity contribution is 5.98. The number of benzene rings is 2. The Bertz CT molecular complexity index is 817. The molecular weight excluding hydrogens is 346 g/mol. The van der Waals surface area contributed by atoms with Gasteiger partial charge in [-0.05, 0) is 49.8 Å². The van der Waals surface area contributed by atoms with Gasteiger partial charge in [0, 0.05) is 18.3 Å². The number of likely N-dealkylation sites (N-methyl/N-ethyl adjacent to an activating group) is 1. The minimum absolute atomic E-state index is 0.0111. The maximum Gasteiger partial charge on any atom is 0.331 e. The molecule has 1 amide bonds. The van der Waals surface area contributed by atoms with Gasteiger partial charge in [-0.25, -0.2) is 4.79 Å². The molecule has 0 saturated carbocycles. The largest absolute Gasteiger partial charge is 0.504 e. The van der Waals surface area contributed by atoms with Crippen molar-refractivity contribution in [2.24, 2.45) is 0 Å². The van der Waals surface area contributed by atoms with Crippen molar-refractivity contribution in [2.45, 2.75) is 20.0 Å². The second-order valence-corrected chi connectivity index (χ2v) is 5.76. The van der Waals surface area contributed by atoms with Crippen LogP contribution < -0.4 is 9.64 Å². The van der Waals surface area contributed by atoms with Gasteiger partial charge < -0.3 is 19.5 Å². The molecule has 27 heavy (non-hydrogen) atoms. The van der Waals surface area contributed by atoms with Crippen LogP contribution in [-0.2, 0) is 14.3 Å². The second kappa shape index (κ2) is 9.43. The number of carbonyl (C=O) groups is 2. The van der Waals surface area contributed by atoms with Crippen molar-refractivity contribution in [2.75, 3.05) is 18.6 Å². The van der Waals surface area contributed by atoms with Crippen LogP contribution in [0, 0.1) is 0 Å². The molecule has 0 aliphatic heterocycles. The number of hydrogen-bond acceptors (Lipinski definition) is 5. The normalized spacial score (nSPS) is 11.8. The molecule has 0 aromatic heterocycles. The zero-order valence-corrected chi connectivity index (χ0v) is 15.6. The van der Waals surface area contributed by atoms with E-state index >= 15 is 0 Å². The molecule has 6 nitrogen and oxygen atoms in total. The Morgan fingerprint density at radius 1 is 1.19 bits per heavy atom. The maximum atomic E-state index is 12.6. The first kappa shape index (κ1) is 20.0. The lowest BCUT2D eigenvalue weighted by molar-refractivity contribution is -0.149. The fraction of sp³-hybridized carbons (Fsp3) is 0.238. The maximum absolute atomic E-state index is 12.6. The monoisotopic (exact) mass is 369 g/mol. The van der Waals surface area contributed by atoms with Gasteiger partial charge in [-0.1, -0.05) is 24.3 Å². The Morgan fingerprint density at radius 3 is 2.52 bits per heavy atom. The zero-order chi connectivity index (χ0) is 19.8. The Balaban J connectivity index is 2.01. The molecule has 1 N–H and O–H groups in total. The molecule has 2 rings (SSSR count). The number of hydrogen-bond donors (Lipinski definition) is 1. The zero-order valence-electron chi connectivity index (χ0n) is 15.6. The molecular formula is C21H23NO5. The van der Waals surface area contributed by atoms with Gasteiger partial charge in [-0.15, -0.1) is 0 Å². The van der Waals surface area contributed by atoms with E-state index in [1.165, 1.54) is 25.3 Å². The highest BCUT2D eigenvalue weighted by Gasteiger charge is 2.23. The average Bonchev–Trinajstić information content (AvgIpc) is 2.68. The molecule has 0 heterocycles. The summed E-state index contributed by atoms with van der Waals surface area (Å²) in [6, 6.07) is 13.9. The van der Waals surface area contributed by atoms with Gasteiger partial charge in [0.15, 0.2) is 17.6 Å². The first-order chi connectivity index (χ1) is 13.0. The minimum Gasteiger partial charge on any atom is -0.504 e. The number of phenolic OH excluding ortho intramolecular Hbond substituents is 1. The molecule has 142 valence electrons. The van der Waals surface area contributed by atoms with Crippen LogP contribution in [-0.4, -0.2) is 36.7 Å². The number of methoxy groups -OCH3 is 1. The molecule has 2 aromatic carbocycles. The van der Waals surface area contributed by atoms with Crippen molar-refractivity contribution in [3.05, 3.63) is 60.2 Å². The summed E-state index contributed by atoms with van der Waals surface area (Å²) < 4.78 is 10.2. The number of phenols is 1. The van der Waals surface area contributed by atoms with Crippen LogP contribution in [0.3, 0.4) is 0 Å². The van der Waals surface area contributed by atoms with Gasteiger partial charge in [-0.2, -0.15) is 0 Å². The third-order valence-electron chi connectivity index (χ3n) is 3.91. The van der Waals surface area contributed by atoms with E-state index in [1.54, 1.807) is 24.0 Å². The van der Waals surface area contributed by atoms with Crippen LogP contribution in [0.2, 0.25) is 0 Å². The number of aromatic hydroxyl groups is 1. The van der Waals surface area contributed by atoms with Gasteiger partial charge in [0.25, 0.3) is 5.91 Å². The molecule has 0 fully saturated rings. The molecule has 0 aliphatic carbocycles. The van der Waals surface area contributed by atoms with E-state index in [1.807, 2.05) is 37.3 Å². The number of ether oxygens (including phenoxy) is 2. The van der Waals surface area contributed by atoms with Crippen LogP contribution in [0.1, 0.15) is 19.4 Å². The van der Waals surface area contributed by atoms with E-state index in [-0.39, 0.29) is 11.7 Å². The van der Waals surface area contributed by atoms with Gasteiger partial charge in [0.05, 0.1) is 7.11 Å². The van der Waals surface area contributed by atoms with Crippen LogP contribution in [0.4, 0.5) is 5.69 Å². The van der Waals surface area contributed by atoms with Crippen molar-refractivity contribution in [1.82, 2.24) is 0 Å². The Morgan fingerprint density at radius 2 is 1.89 bits per heavy atom. The lowest BCUT2D eigenvalue weighted by Crippen LogP contribution is -2.39. The van der Waals surface area contributed by atoms with Crippen LogP contribution in [0.15, 0.2) is 54.6 Å². The average molecular weight is 369 g/mol. The van der Waals surface area contributed by atoms with Crippen molar-refractivity contribution >= 4 is 23.6 Å². The summed E-state index contributed by atoms with van der Waals surface area (Å²) in [5.41, 5.74) is 1.40. The van der Waals surface area contributed by atoms with E-state index in [2.05, 4.69) is 0 Å². The van der Waals surface area contributed by atoms with E-state index in [4.69, 9.17) is 9.47 Å². The molecule has 0 radical (unpaired) electrons. The predicted octanol–water partition coefficient (Wildman–Crippen LogP) is 3.40. The highest BCUT2D eigenvalue weighted by atomic mass is 16.5. The molecule has 0 saturated heterocycles. The fourth-order valence-corrected chi connectivity index (χ4v) is 2.52. The number of para-hydroxylation sites is 1. The summed E-state index contributed by atoms with van der Waals surface area (Å²) in [5.74, 6) is -0.615. The fourth-order valence-electron chi connectivity index (χ4n) is 2.52. The Kier molecular flexibility index (Phi) is 7.00. The van der Waals surface area contributed by atoms with Crippen LogP contribution in [0.5, 0.6) is 11.5 Å². The first-order valence-corrected chi connectivity index (χ1v) is 8.58. The quantitative estimate of drug-likeness (QED) is 0.598. The summed E-state index contributed by atoms with van der Waals surface area (Å²) in [7, 11) is 1.44. The van der Waals surface area contributed by atoms with E-state index in [0.717, 1.165) is 5.69 Å². The van der Waals surface area contributed by atoms with Crippen LogP contribution in [0.25, 0.3) is 6.08 Å². The summed E-state index contributed by atoms with van der Waals surface area (Å²) in [5, 5.41) is 9.58. The number of anilines is 1. The summed E-state index contributed by atoms with van der Waals surface area (Å²) in [4.78, 5) is 26.2. The van der Waals surface area contributed by atoms with Crippen molar-refractivity contribution in [1.29, 1.82) is 0 Å². The van der Waals surface area contributed by atoms with Crippen molar-refractivity contribution in [3.8, 4) is 11.5 Å². The number of rotatable bonds is 7.